The highest BCUT2D eigenvalue weighted by Crippen LogP contribution is 2.22. The minimum absolute atomic E-state index is 0. The van der Waals surface area contributed by atoms with Gasteiger partial charge in [-0.2, -0.15) is 0 Å². The number of halogens is 1. The second-order valence-corrected chi connectivity index (χ2v) is 7.64. The minimum atomic E-state index is 0. The SMILES string of the molecule is CCNC(=NCC1CN2CCCC2CO1)NCCc1cc(C)cc(C)c1.I. The second-order valence-electron chi connectivity index (χ2n) is 7.64. The molecule has 1 aromatic carbocycles. The highest BCUT2D eigenvalue weighted by atomic mass is 127. The predicted octanol–water partition coefficient (Wildman–Crippen LogP) is 2.88. The van der Waals surface area contributed by atoms with E-state index in [4.69, 9.17) is 9.73 Å². The quantitative estimate of drug-likeness (QED) is 0.369. The van der Waals surface area contributed by atoms with E-state index in [-0.39, 0.29) is 30.1 Å². The fourth-order valence-corrected chi connectivity index (χ4v) is 4.07. The monoisotopic (exact) mass is 486 g/mol. The molecule has 5 nitrogen and oxygen atoms in total. The molecule has 2 unspecified atom stereocenters. The van der Waals surface area contributed by atoms with Gasteiger partial charge in [-0.05, 0) is 52.1 Å². The molecule has 2 atom stereocenters. The molecule has 2 saturated heterocycles. The van der Waals surface area contributed by atoms with Crippen LogP contribution in [0.3, 0.4) is 0 Å². The molecule has 6 heteroatoms. The second kappa shape index (κ2) is 11.2. The lowest BCUT2D eigenvalue weighted by molar-refractivity contribution is -0.0432. The first-order valence-corrected chi connectivity index (χ1v) is 10.1. The average molecular weight is 486 g/mol. The van der Waals surface area contributed by atoms with Gasteiger partial charge in [0, 0.05) is 25.7 Å². The van der Waals surface area contributed by atoms with Crippen LogP contribution in [0.1, 0.15) is 36.5 Å². The minimum Gasteiger partial charge on any atom is -0.373 e. The molecule has 2 aliphatic rings. The Balaban J connectivity index is 0.00000261. The van der Waals surface area contributed by atoms with Crippen LogP contribution >= 0.6 is 24.0 Å². The Morgan fingerprint density at radius 2 is 2.00 bits per heavy atom. The van der Waals surface area contributed by atoms with Gasteiger partial charge in [-0.25, -0.2) is 0 Å². The molecule has 0 amide bonds. The highest BCUT2D eigenvalue weighted by Gasteiger charge is 2.31. The number of hydrogen-bond donors (Lipinski definition) is 2. The van der Waals surface area contributed by atoms with Crippen LogP contribution in [0.25, 0.3) is 0 Å². The maximum atomic E-state index is 6.02. The molecular formula is C21H35IN4O. The Labute approximate surface area is 181 Å². The van der Waals surface area contributed by atoms with Gasteiger partial charge in [-0.1, -0.05) is 29.3 Å². The molecule has 0 radical (unpaired) electrons. The lowest BCUT2D eigenvalue weighted by Gasteiger charge is -2.34. The molecule has 0 aromatic heterocycles. The van der Waals surface area contributed by atoms with Gasteiger partial charge in [0.2, 0.25) is 0 Å². The third-order valence-corrected chi connectivity index (χ3v) is 5.25. The predicted molar refractivity (Wildman–Crippen MR) is 123 cm³/mol. The van der Waals surface area contributed by atoms with Crippen molar-refractivity contribution in [1.29, 1.82) is 0 Å². The van der Waals surface area contributed by atoms with E-state index in [9.17, 15) is 0 Å². The zero-order valence-corrected chi connectivity index (χ0v) is 19.3. The molecule has 0 aliphatic carbocycles. The fourth-order valence-electron chi connectivity index (χ4n) is 4.07. The van der Waals surface area contributed by atoms with E-state index in [1.807, 2.05) is 0 Å². The van der Waals surface area contributed by atoms with Crippen LogP contribution in [0.2, 0.25) is 0 Å². The molecule has 0 saturated carbocycles. The topological polar surface area (TPSA) is 48.9 Å². The summed E-state index contributed by atoms with van der Waals surface area (Å²) in [6.07, 6.45) is 3.83. The van der Waals surface area contributed by atoms with Crippen molar-refractivity contribution in [2.45, 2.75) is 52.2 Å². The van der Waals surface area contributed by atoms with Crippen LogP contribution in [0.4, 0.5) is 0 Å². The Morgan fingerprint density at radius 3 is 2.74 bits per heavy atom. The third-order valence-electron chi connectivity index (χ3n) is 5.25. The largest absolute Gasteiger partial charge is 0.373 e. The Hall–Kier alpha value is -0.860. The van der Waals surface area contributed by atoms with Crippen LogP contribution in [0.15, 0.2) is 23.2 Å². The van der Waals surface area contributed by atoms with Crippen molar-refractivity contribution in [2.75, 3.05) is 39.3 Å². The number of nitrogens with one attached hydrogen (secondary N) is 2. The maximum absolute atomic E-state index is 6.02. The number of rotatable bonds is 6. The van der Waals surface area contributed by atoms with E-state index in [2.05, 4.69) is 54.5 Å². The normalized spacial score (nSPS) is 22.9. The molecule has 27 heavy (non-hydrogen) atoms. The molecule has 0 bridgehead atoms. The van der Waals surface area contributed by atoms with Crippen molar-refractivity contribution in [3.8, 4) is 0 Å². The lowest BCUT2D eigenvalue weighted by Crippen LogP contribution is -2.47. The van der Waals surface area contributed by atoms with E-state index in [1.54, 1.807) is 0 Å². The molecule has 2 fully saturated rings. The molecular weight excluding hydrogens is 451 g/mol. The standard InChI is InChI=1S/C21H34N4O.HI/c1-4-22-21(23-8-7-18-11-16(2)10-17(3)12-18)24-13-20-14-25-9-5-6-19(25)15-26-20;/h10-12,19-20H,4-9,13-15H2,1-3H3,(H2,22,23,24);1H. The van der Waals surface area contributed by atoms with E-state index in [0.29, 0.717) is 6.04 Å². The van der Waals surface area contributed by atoms with Gasteiger partial charge in [0.1, 0.15) is 0 Å². The van der Waals surface area contributed by atoms with Crippen LogP contribution in [0, 0.1) is 13.8 Å². The fraction of sp³-hybridized carbons (Fsp3) is 0.667. The van der Waals surface area contributed by atoms with Crippen molar-refractivity contribution in [3.63, 3.8) is 0 Å². The number of guanidine groups is 1. The van der Waals surface area contributed by atoms with Gasteiger partial charge in [0.25, 0.3) is 0 Å². The van der Waals surface area contributed by atoms with Gasteiger partial charge < -0.3 is 15.4 Å². The van der Waals surface area contributed by atoms with Crippen LogP contribution < -0.4 is 10.6 Å². The van der Waals surface area contributed by atoms with Gasteiger partial charge in [-0.3, -0.25) is 9.89 Å². The van der Waals surface area contributed by atoms with Gasteiger partial charge in [0.05, 0.1) is 19.3 Å². The molecule has 152 valence electrons. The smallest absolute Gasteiger partial charge is 0.191 e. The summed E-state index contributed by atoms with van der Waals surface area (Å²) in [4.78, 5) is 7.33. The summed E-state index contributed by atoms with van der Waals surface area (Å²) >= 11 is 0. The summed E-state index contributed by atoms with van der Waals surface area (Å²) in [7, 11) is 0. The number of morpholine rings is 1. The average Bonchev–Trinajstić information content (AvgIpc) is 3.06. The molecule has 2 aliphatic heterocycles. The van der Waals surface area contributed by atoms with Gasteiger partial charge in [0.15, 0.2) is 5.96 Å². The number of hydrogen-bond acceptors (Lipinski definition) is 3. The number of benzene rings is 1. The third kappa shape index (κ3) is 6.91. The van der Waals surface area contributed by atoms with Crippen LogP contribution in [-0.4, -0.2) is 62.3 Å². The first kappa shape index (κ1) is 22.4. The number of ether oxygens (including phenoxy) is 1. The summed E-state index contributed by atoms with van der Waals surface area (Å²) in [6, 6.07) is 7.40. The van der Waals surface area contributed by atoms with E-state index in [0.717, 1.165) is 45.2 Å². The Kier molecular flexibility index (Phi) is 9.32. The Morgan fingerprint density at radius 1 is 1.22 bits per heavy atom. The number of aliphatic imine (C=N–C) groups is 1. The molecule has 2 N–H and O–H groups in total. The number of nitrogens with zero attached hydrogens (tertiary/aromatic N) is 2. The molecule has 0 spiro atoms. The Bertz CT molecular complexity index is 602. The lowest BCUT2D eigenvalue weighted by atomic mass is 10.1. The van der Waals surface area contributed by atoms with E-state index < -0.39 is 0 Å². The van der Waals surface area contributed by atoms with Crippen molar-refractivity contribution in [1.82, 2.24) is 15.5 Å². The summed E-state index contributed by atoms with van der Waals surface area (Å²) in [6.45, 7) is 12.0. The van der Waals surface area contributed by atoms with Crippen molar-refractivity contribution >= 4 is 29.9 Å². The summed E-state index contributed by atoms with van der Waals surface area (Å²) in [5.74, 6) is 0.893. The van der Waals surface area contributed by atoms with E-state index in [1.165, 1.54) is 36.1 Å². The van der Waals surface area contributed by atoms with Crippen molar-refractivity contribution in [3.05, 3.63) is 34.9 Å². The first-order chi connectivity index (χ1) is 12.6. The summed E-state index contributed by atoms with van der Waals surface area (Å²) in [5.41, 5.74) is 4.03. The summed E-state index contributed by atoms with van der Waals surface area (Å²) < 4.78 is 6.02. The first-order valence-electron chi connectivity index (χ1n) is 10.1. The molecule has 1 aromatic rings. The highest BCUT2D eigenvalue weighted by molar-refractivity contribution is 14.0. The summed E-state index contributed by atoms with van der Waals surface area (Å²) in [5, 5.41) is 6.81. The zero-order valence-electron chi connectivity index (χ0n) is 17.0. The zero-order chi connectivity index (χ0) is 18.4. The van der Waals surface area contributed by atoms with Crippen LogP contribution in [-0.2, 0) is 11.2 Å². The number of fused-ring (bicyclic) bond motifs is 1. The van der Waals surface area contributed by atoms with Gasteiger partial charge >= 0.3 is 0 Å². The molecule has 3 rings (SSSR count). The number of aryl methyl sites for hydroxylation is 2. The van der Waals surface area contributed by atoms with E-state index >= 15 is 0 Å². The maximum Gasteiger partial charge on any atom is 0.191 e. The van der Waals surface area contributed by atoms with Gasteiger partial charge in [-0.15, -0.1) is 24.0 Å². The van der Waals surface area contributed by atoms with Crippen molar-refractivity contribution < 1.29 is 4.74 Å². The van der Waals surface area contributed by atoms with Crippen molar-refractivity contribution in [2.24, 2.45) is 4.99 Å². The van der Waals surface area contributed by atoms with Crippen LogP contribution in [0.5, 0.6) is 0 Å². The molecule has 2 heterocycles.